The van der Waals surface area contributed by atoms with Crippen molar-refractivity contribution in [3.8, 4) is 11.1 Å². The highest BCUT2D eigenvalue weighted by atomic mass is 16.5. The van der Waals surface area contributed by atoms with Crippen LogP contribution in [-0.4, -0.2) is 48.9 Å². The van der Waals surface area contributed by atoms with Crippen molar-refractivity contribution in [2.24, 2.45) is 0 Å². The quantitative estimate of drug-likeness (QED) is 0.331. The van der Waals surface area contributed by atoms with E-state index in [0.717, 1.165) is 65.0 Å². The number of ether oxygens (including phenoxy) is 1. The van der Waals surface area contributed by atoms with Crippen LogP contribution < -0.4 is 5.48 Å². The third-order valence-electron chi connectivity index (χ3n) is 5.78. The number of morpholine rings is 1. The number of hydroxylamine groups is 1. The smallest absolute Gasteiger partial charge is 0.243 e. The van der Waals surface area contributed by atoms with Gasteiger partial charge in [0.2, 0.25) is 5.91 Å². The van der Waals surface area contributed by atoms with Gasteiger partial charge in [0.15, 0.2) is 0 Å². The van der Waals surface area contributed by atoms with Crippen LogP contribution in [0.3, 0.4) is 0 Å². The maximum Gasteiger partial charge on any atom is 0.243 e. The molecule has 0 aromatic heterocycles. The molecule has 0 unspecified atom stereocenters. The zero-order valence-corrected chi connectivity index (χ0v) is 17.8. The van der Waals surface area contributed by atoms with Crippen LogP contribution in [0.2, 0.25) is 0 Å². The highest BCUT2D eigenvalue weighted by molar-refractivity contribution is 5.74. The molecule has 0 spiro atoms. The second-order valence-electron chi connectivity index (χ2n) is 8.05. The fourth-order valence-corrected chi connectivity index (χ4v) is 3.91. The molecule has 1 aliphatic heterocycles. The third-order valence-corrected chi connectivity index (χ3v) is 5.78. The number of hydrogen-bond donors (Lipinski definition) is 2. The van der Waals surface area contributed by atoms with E-state index in [2.05, 4.69) is 53.4 Å². The minimum Gasteiger partial charge on any atom is -0.379 e. The van der Waals surface area contributed by atoms with Crippen LogP contribution >= 0.6 is 0 Å². The second kappa shape index (κ2) is 12.5. The average Bonchev–Trinajstić information content (AvgIpc) is 2.80. The van der Waals surface area contributed by atoms with Crippen molar-refractivity contribution >= 4 is 5.91 Å². The lowest BCUT2D eigenvalue weighted by Gasteiger charge is -2.26. The summed E-state index contributed by atoms with van der Waals surface area (Å²) in [6.45, 7) is 5.03. The molecule has 5 nitrogen and oxygen atoms in total. The van der Waals surface area contributed by atoms with E-state index in [1.807, 2.05) is 0 Å². The molecule has 0 aliphatic carbocycles. The van der Waals surface area contributed by atoms with Gasteiger partial charge < -0.3 is 4.74 Å². The lowest BCUT2D eigenvalue weighted by Crippen LogP contribution is -2.36. The van der Waals surface area contributed by atoms with Crippen molar-refractivity contribution in [3.63, 3.8) is 0 Å². The number of nitrogens with one attached hydrogen (secondary N) is 1. The van der Waals surface area contributed by atoms with Gasteiger partial charge in [-0.2, -0.15) is 0 Å². The molecule has 1 amide bonds. The highest BCUT2D eigenvalue weighted by Crippen LogP contribution is 2.21. The molecule has 0 saturated carbocycles. The van der Waals surface area contributed by atoms with Crippen LogP contribution in [-0.2, 0) is 22.4 Å². The largest absolute Gasteiger partial charge is 0.379 e. The molecule has 1 aliphatic rings. The van der Waals surface area contributed by atoms with Gasteiger partial charge in [0, 0.05) is 19.5 Å². The van der Waals surface area contributed by atoms with Crippen molar-refractivity contribution in [1.82, 2.24) is 10.4 Å². The molecule has 0 atom stereocenters. The first kappa shape index (κ1) is 22.5. The van der Waals surface area contributed by atoms with Gasteiger partial charge in [-0.25, -0.2) is 5.48 Å². The molecule has 2 aromatic rings. The van der Waals surface area contributed by atoms with Crippen molar-refractivity contribution in [3.05, 3.63) is 59.7 Å². The van der Waals surface area contributed by atoms with E-state index in [-0.39, 0.29) is 5.91 Å². The Hall–Kier alpha value is -2.21. The maximum atomic E-state index is 11.0. The van der Waals surface area contributed by atoms with Crippen LogP contribution in [0.5, 0.6) is 0 Å². The normalized spacial score (nSPS) is 14.6. The molecule has 1 heterocycles. The van der Waals surface area contributed by atoms with Gasteiger partial charge in [-0.15, -0.1) is 0 Å². The lowest BCUT2D eigenvalue weighted by atomic mass is 9.99. The van der Waals surface area contributed by atoms with Crippen molar-refractivity contribution < 1.29 is 14.7 Å². The summed E-state index contributed by atoms with van der Waals surface area (Å²) in [5.74, 6) is -0.303. The summed E-state index contributed by atoms with van der Waals surface area (Å²) in [7, 11) is 0. The Balaban J connectivity index is 1.39. The highest BCUT2D eigenvalue weighted by Gasteiger charge is 2.09. The molecular formula is C25H34N2O3. The van der Waals surface area contributed by atoms with Crippen LogP contribution in [0, 0.1) is 0 Å². The SMILES string of the molecule is O=C(CCCCCc1ccc(-c2ccc(CCCN3CCOCC3)cc2)cc1)NO. The Morgan fingerprint density at radius 2 is 1.40 bits per heavy atom. The Bertz CT molecular complexity index is 753. The summed E-state index contributed by atoms with van der Waals surface area (Å²) in [6.07, 6.45) is 6.57. The second-order valence-corrected chi connectivity index (χ2v) is 8.05. The third kappa shape index (κ3) is 7.56. The number of aryl methyl sites for hydroxylation is 2. The summed E-state index contributed by atoms with van der Waals surface area (Å²) >= 11 is 0. The summed E-state index contributed by atoms with van der Waals surface area (Å²) in [6, 6.07) is 17.8. The fraction of sp³-hybridized carbons (Fsp3) is 0.480. The number of benzene rings is 2. The van der Waals surface area contributed by atoms with Gasteiger partial charge in [0.05, 0.1) is 13.2 Å². The summed E-state index contributed by atoms with van der Waals surface area (Å²) in [4.78, 5) is 13.5. The van der Waals surface area contributed by atoms with Crippen LogP contribution in [0.15, 0.2) is 48.5 Å². The van der Waals surface area contributed by atoms with Gasteiger partial charge in [-0.05, 0) is 60.9 Å². The number of rotatable bonds is 11. The molecule has 0 bridgehead atoms. The summed E-state index contributed by atoms with van der Waals surface area (Å²) in [5, 5.41) is 8.49. The van der Waals surface area contributed by atoms with Gasteiger partial charge >= 0.3 is 0 Å². The molecule has 162 valence electrons. The van der Waals surface area contributed by atoms with E-state index >= 15 is 0 Å². The molecule has 5 heteroatoms. The molecule has 1 fully saturated rings. The first-order valence-electron chi connectivity index (χ1n) is 11.2. The van der Waals surface area contributed by atoms with Gasteiger partial charge in [-0.3, -0.25) is 14.9 Å². The van der Waals surface area contributed by atoms with E-state index < -0.39 is 0 Å². The van der Waals surface area contributed by atoms with Crippen LogP contribution in [0.4, 0.5) is 0 Å². The number of carbonyl (C=O) groups excluding carboxylic acids is 1. The first-order valence-corrected chi connectivity index (χ1v) is 11.2. The average molecular weight is 411 g/mol. The molecule has 1 saturated heterocycles. The Labute approximate surface area is 180 Å². The van der Waals surface area contributed by atoms with Crippen LogP contribution in [0.25, 0.3) is 11.1 Å². The van der Waals surface area contributed by atoms with Crippen molar-refractivity contribution in [2.75, 3.05) is 32.8 Å². The van der Waals surface area contributed by atoms with Crippen molar-refractivity contribution in [2.45, 2.75) is 44.9 Å². The predicted octanol–water partition coefficient (Wildman–Crippen LogP) is 4.23. The monoisotopic (exact) mass is 410 g/mol. The molecule has 2 aromatic carbocycles. The van der Waals surface area contributed by atoms with E-state index in [1.165, 1.54) is 28.7 Å². The van der Waals surface area contributed by atoms with Gasteiger partial charge in [0.25, 0.3) is 0 Å². The fourth-order valence-electron chi connectivity index (χ4n) is 3.91. The summed E-state index contributed by atoms with van der Waals surface area (Å²) in [5.41, 5.74) is 6.91. The van der Waals surface area contributed by atoms with E-state index in [1.54, 1.807) is 5.48 Å². The van der Waals surface area contributed by atoms with Crippen LogP contribution in [0.1, 0.15) is 43.2 Å². The van der Waals surface area contributed by atoms with Gasteiger partial charge in [-0.1, -0.05) is 55.0 Å². The Kier molecular flexibility index (Phi) is 9.35. The Morgan fingerprint density at radius 3 is 1.97 bits per heavy atom. The predicted molar refractivity (Wildman–Crippen MR) is 120 cm³/mol. The zero-order valence-electron chi connectivity index (χ0n) is 17.8. The van der Waals surface area contributed by atoms with E-state index in [9.17, 15) is 4.79 Å². The van der Waals surface area contributed by atoms with Crippen molar-refractivity contribution in [1.29, 1.82) is 0 Å². The molecule has 0 radical (unpaired) electrons. The molecule has 3 rings (SSSR count). The number of amides is 1. The number of nitrogens with zero attached hydrogens (tertiary/aromatic N) is 1. The van der Waals surface area contributed by atoms with Gasteiger partial charge in [0.1, 0.15) is 0 Å². The number of carbonyl (C=O) groups is 1. The molecular weight excluding hydrogens is 376 g/mol. The Morgan fingerprint density at radius 1 is 0.833 bits per heavy atom. The molecule has 2 N–H and O–H groups in total. The minimum absolute atomic E-state index is 0.303. The van der Waals surface area contributed by atoms with E-state index in [4.69, 9.17) is 9.94 Å². The molecule has 30 heavy (non-hydrogen) atoms. The zero-order chi connectivity index (χ0) is 21.0. The van der Waals surface area contributed by atoms with E-state index in [0.29, 0.717) is 6.42 Å². The standard InChI is InChI=1S/C25H34N2O3/c28-25(26-29)7-3-1-2-5-21-8-12-23(13-9-21)24-14-10-22(11-15-24)6-4-16-27-17-19-30-20-18-27/h8-15,29H,1-7,16-20H2,(H,26,28). The minimum atomic E-state index is -0.303. The topological polar surface area (TPSA) is 61.8 Å². The number of unbranched alkanes of at least 4 members (excludes halogenated alkanes) is 2. The lowest BCUT2D eigenvalue weighted by molar-refractivity contribution is -0.129. The first-order chi connectivity index (χ1) is 14.7. The number of hydrogen-bond acceptors (Lipinski definition) is 4. The maximum absolute atomic E-state index is 11.0. The summed E-state index contributed by atoms with van der Waals surface area (Å²) < 4.78 is 5.41.